The molecule has 4 unspecified atom stereocenters. The van der Waals surface area contributed by atoms with Gasteiger partial charge in [0.15, 0.2) is 0 Å². The van der Waals surface area contributed by atoms with Crippen molar-refractivity contribution < 1.29 is 0 Å². The number of hydrogen-bond donors (Lipinski definition) is 0. The van der Waals surface area contributed by atoms with Crippen LogP contribution in [0, 0.1) is 23.7 Å². The first-order chi connectivity index (χ1) is 5.93. The normalized spacial score (nSPS) is 49.3. The van der Waals surface area contributed by atoms with Gasteiger partial charge in [-0.05, 0) is 49.4 Å². The molecule has 0 radical (unpaired) electrons. The number of allylic oxidation sites excluding steroid dienone is 4. The molecule has 4 atom stereocenters. The lowest BCUT2D eigenvalue weighted by Crippen LogP contribution is -2.15. The van der Waals surface area contributed by atoms with Crippen molar-refractivity contribution in [3.8, 4) is 0 Å². The summed E-state index contributed by atoms with van der Waals surface area (Å²) in [7, 11) is 0. The molecule has 0 saturated heterocycles. The molecule has 3 aliphatic rings. The molecule has 0 heterocycles. The Hall–Kier alpha value is -0.520. The molecule has 0 N–H and O–H groups in total. The Labute approximate surface area is 74.4 Å². The molecule has 3 aliphatic carbocycles. The standard InChI is InChI=1S/C12H16/c1-2-4-10(3-1)12-8-9-5-6-11(12)7-9/h1,3,5-6,9-12H,2,4,7-8H2. The highest BCUT2D eigenvalue weighted by atomic mass is 14.4. The molecule has 12 heavy (non-hydrogen) atoms. The summed E-state index contributed by atoms with van der Waals surface area (Å²) in [5.74, 6) is 3.85. The molecule has 0 amide bonds. The molecule has 0 aromatic rings. The Morgan fingerprint density at radius 3 is 2.50 bits per heavy atom. The van der Waals surface area contributed by atoms with E-state index in [1.165, 1.54) is 25.7 Å². The maximum Gasteiger partial charge on any atom is -0.0194 e. The van der Waals surface area contributed by atoms with Gasteiger partial charge in [-0.1, -0.05) is 24.3 Å². The van der Waals surface area contributed by atoms with Gasteiger partial charge in [0, 0.05) is 0 Å². The zero-order valence-electron chi connectivity index (χ0n) is 7.45. The molecule has 0 aromatic carbocycles. The minimum atomic E-state index is 0.935. The number of fused-ring (bicyclic) bond motifs is 2. The van der Waals surface area contributed by atoms with Gasteiger partial charge in [-0.15, -0.1) is 0 Å². The first-order valence-electron chi connectivity index (χ1n) is 5.28. The van der Waals surface area contributed by atoms with Gasteiger partial charge in [0.2, 0.25) is 0 Å². The van der Waals surface area contributed by atoms with E-state index in [1.807, 2.05) is 0 Å². The van der Waals surface area contributed by atoms with Gasteiger partial charge in [0.05, 0.1) is 0 Å². The van der Waals surface area contributed by atoms with Crippen molar-refractivity contribution in [3.05, 3.63) is 24.3 Å². The molecule has 0 heteroatoms. The van der Waals surface area contributed by atoms with E-state index >= 15 is 0 Å². The van der Waals surface area contributed by atoms with Crippen LogP contribution in [-0.2, 0) is 0 Å². The predicted molar refractivity (Wildman–Crippen MR) is 50.7 cm³/mol. The van der Waals surface area contributed by atoms with E-state index in [2.05, 4.69) is 24.3 Å². The third-order valence-corrected chi connectivity index (χ3v) is 3.93. The SMILES string of the molecule is C1=CC(C2CC3C=CC2C3)CC1. The summed E-state index contributed by atoms with van der Waals surface area (Å²) in [6, 6.07) is 0. The molecule has 64 valence electrons. The summed E-state index contributed by atoms with van der Waals surface area (Å²) in [5.41, 5.74) is 0. The third-order valence-electron chi connectivity index (χ3n) is 3.93. The van der Waals surface area contributed by atoms with Crippen molar-refractivity contribution in [1.29, 1.82) is 0 Å². The second-order valence-corrected chi connectivity index (χ2v) is 4.61. The van der Waals surface area contributed by atoms with Gasteiger partial charge in [0.1, 0.15) is 0 Å². The molecular formula is C12H16. The van der Waals surface area contributed by atoms with Crippen LogP contribution in [0.3, 0.4) is 0 Å². The Morgan fingerprint density at radius 1 is 0.917 bits per heavy atom. The van der Waals surface area contributed by atoms with Crippen LogP contribution in [0.25, 0.3) is 0 Å². The predicted octanol–water partition coefficient (Wildman–Crippen LogP) is 3.16. The van der Waals surface area contributed by atoms with Crippen LogP contribution in [0.2, 0.25) is 0 Å². The van der Waals surface area contributed by atoms with E-state index in [0.717, 1.165) is 23.7 Å². The highest BCUT2D eigenvalue weighted by Crippen LogP contribution is 2.48. The Morgan fingerprint density at radius 2 is 1.92 bits per heavy atom. The van der Waals surface area contributed by atoms with Crippen molar-refractivity contribution in [2.75, 3.05) is 0 Å². The maximum absolute atomic E-state index is 2.48. The lowest BCUT2D eigenvalue weighted by molar-refractivity contribution is 0.336. The maximum atomic E-state index is 2.48. The molecule has 0 spiro atoms. The second kappa shape index (κ2) is 2.48. The molecule has 0 aromatic heterocycles. The van der Waals surface area contributed by atoms with Gasteiger partial charge >= 0.3 is 0 Å². The second-order valence-electron chi connectivity index (χ2n) is 4.61. The minimum absolute atomic E-state index is 0.935. The monoisotopic (exact) mass is 160 g/mol. The zero-order chi connectivity index (χ0) is 7.97. The first-order valence-corrected chi connectivity index (χ1v) is 5.28. The third kappa shape index (κ3) is 0.903. The van der Waals surface area contributed by atoms with Crippen molar-refractivity contribution >= 4 is 0 Å². The Kier molecular flexibility index (Phi) is 1.44. The first kappa shape index (κ1) is 6.94. The largest absolute Gasteiger partial charge is 0.0882 e. The van der Waals surface area contributed by atoms with E-state index in [9.17, 15) is 0 Å². The quantitative estimate of drug-likeness (QED) is 0.517. The van der Waals surface area contributed by atoms with Crippen LogP contribution in [0.4, 0.5) is 0 Å². The summed E-state index contributed by atoms with van der Waals surface area (Å²) in [6.45, 7) is 0. The van der Waals surface area contributed by atoms with E-state index in [4.69, 9.17) is 0 Å². The van der Waals surface area contributed by atoms with Gasteiger partial charge in [-0.2, -0.15) is 0 Å². The smallest absolute Gasteiger partial charge is 0.0194 e. The molecule has 2 bridgehead atoms. The molecule has 1 fully saturated rings. The fourth-order valence-corrected chi connectivity index (χ4v) is 3.33. The summed E-state index contributed by atoms with van der Waals surface area (Å²) in [5, 5.41) is 0. The van der Waals surface area contributed by atoms with Crippen molar-refractivity contribution in [1.82, 2.24) is 0 Å². The summed E-state index contributed by atoms with van der Waals surface area (Å²) >= 11 is 0. The van der Waals surface area contributed by atoms with Crippen LogP contribution >= 0.6 is 0 Å². The minimum Gasteiger partial charge on any atom is -0.0882 e. The van der Waals surface area contributed by atoms with E-state index in [1.54, 1.807) is 0 Å². The van der Waals surface area contributed by atoms with Crippen LogP contribution in [0.1, 0.15) is 25.7 Å². The van der Waals surface area contributed by atoms with Crippen LogP contribution in [-0.4, -0.2) is 0 Å². The lowest BCUT2D eigenvalue weighted by Gasteiger charge is -2.23. The average Bonchev–Trinajstić information content (AvgIpc) is 2.81. The Balaban J connectivity index is 1.78. The van der Waals surface area contributed by atoms with Crippen LogP contribution < -0.4 is 0 Å². The fourth-order valence-electron chi connectivity index (χ4n) is 3.33. The topological polar surface area (TPSA) is 0 Å². The molecule has 0 nitrogen and oxygen atoms in total. The lowest BCUT2D eigenvalue weighted by atomic mass is 9.82. The molecule has 1 saturated carbocycles. The van der Waals surface area contributed by atoms with Crippen molar-refractivity contribution in [2.45, 2.75) is 25.7 Å². The fraction of sp³-hybridized carbons (Fsp3) is 0.667. The van der Waals surface area contributed by atoms with Gasteiger partial charge < -0.3 is 0 Å². The van der Waals surface area contributed by atoms with E-state index < -0.39 is 0 Å². The van der Waals surface area contributed by atoms with E-state index in [-0.39, 0.29) is 0 Å². The average molecular weight is 160 g/mol. The molecular weight excluding hydrogens is 144 g/mol. The highest BCUT2D eigenvalue weighted by Gasteiger charge is 2.39. The summed E-state index contributed by atoms with van der Waals surface area (Å²) in [4.78, 5) is 0. The van der Waals surface area contributed by atoms with Gasteiger partial charge in [-0.25, -0.2) is 0 Å². The van der Waals surface area contributed by atoms with Crippen molar-refractivity contribution in [2.24, 2.45) is 23.7 Å². The zero-order valence-corrected chi connectivity index (χ0v) is 7.45. The highest BCUT2D eigenvalue weighted by molar-refractivity contribution is 5.14. The van der Waals surface area contributed by atoms with Crippen LogP contribution in [0.15, 0.2) is 24.3 Å². The molecule has 3 rings (SSSR count). The summed E-state index contributed by atoms with van der Waals surface area (Å²) < 4.78 is 0. The number of rotatable bonds is 1. The van der Waals surface area contributed by atoms with Gasteiger partial charge in [-0.3, -0.25) is 0 Å². The number of hydrogen-bond acceptors (Lipinski definition) is 0. The van der Waals surface area contributed by atoms with Gasteiger partial charge in [0.25, 0.3) is 0 Å². The van der Waals surface area contributed by atoms with Crippen LogP contribution in [0.5, 0.6) is 0 Å². The Bertz CT molecular complexity index is 236. The summed E-state index contributed by atoms with van der Waals surface area (Å²) in [6.07, 6.45) is 15.5. The molecule has 0 aliphatic heterocycles. The van der Waals surface area contributed by atoms with E-state index in [0.29, 0.717) is 0 Å². The van der Waals surface area contributed by atoms with Crippen molar-refractivity contribution in [3.63, 3.8) is 0 Å².